The number of hydrogen-bond acceptors (Lipinski definition) is 8. The van der Waals surface area contributed by atoms with Crippen molar-refractivity contribution in [2.45, 2.75) is 18.2 Å². The molecule has 0 fully saturated rings. The Morgan fingerprint density at radius 3 is 2.75 bits per heavy atom. The van der Waals surface area contributed by atoms with E-state index in [-0.39, 0.29) is 27.8 Å². The van der Waals surface area contributed by atoms with E-state index in [9.17, 15) is 19.7 Å². The van der Waals surface area contributed by atoms with Crippen molar-refractivity contribution >= 4 is 45.7 Å². The van der Waals surface area contributed by atoms with E-state index < -0.39 is 10.8 Å². The molecule has 2 rings (SSSR count). The zero-order valence-electron chi connectivity index (χ0n) is 12.5. The van der Waals surface area contributed by atoms with Gasteiger partial charge in [-0.15, -0.1) is 22.0 Å². The lowest BCUT2D eigenvalue weighted by atomic mass is 10.2. The number of hydrogen-bond donors (Lipinski definition) is 2. The molecule has 0 aliphatic rings. The van der Waals surface area contributed by atoms with Crippen molar-refractivity contribution in [1.29, 1.82) is 0 Å². The Hall–Kier alpha value is -2.53. The molecule has 2 aromatic rings. The lowest BCUT2D eigenvalue weighted by molar-refractivity contribution is -0.387. The Morgan fingerprint density at radius 2 is 2.17 bits per heavy atom. The third-order valence-corrected chi connectivity index (χ3v) is 4.86. The number of nitrogens with two attached hydrogens (primary N) is 1. The standard InChI is InChI=1S/C13H13N5O4S2/c1-2-11-16-17-13(24-11)15-10(19)6-23-9-4-3-7(12(14)20)5-8(9)18(21)22/h3-5H,2,6H2,1H3,(H2,14,20)(H,15,17,19). The summed E-state index contributed by atoms with van der Waals surface area (Å²) in [6, 6.07) is 3.88. The fraction of sp³-hybridized carbons (Fsp3) is 0.231. The van der Waals surface area contributed by atoms with E-state index >= 15 is 0 Å². The molecule has 1 aromatic carbocycles. The van der Waals surface area contributed by atoms with Crippen molar-refractivity contribution in [2.24, 2.45) is 5.73 Å². The summed E-state index contributed by atoms with van der Waals surface area (Å²) in [5.74, 6) is -1.15. The van der Waals surface area contributed by atoms with Gasteiger partial charge in [0.25, 0.3) is 5.69 Å². The summed E-state index contributed by atoms with van der Waals surface area (Å²) in [5.41, 5.74) is 4.88. The summed E-state index contributed by atoms with van der Waals surface area (Å²) in [6.45, 7) is 1.93. The van der Waals surface area contributed by atoms with E-state index in [1.165, 1.54) is 23.5 Å². The van der Waals surface area contributed by atoms with Crippen LogP contribution in [-0.4, -0.2) is 32.7 Å². The van der Waals surface area contributed by atoms with Gasteiger partial charge >= 0.3 is 0 Å². The van der Waals surface area contributed by atoms with Gasteiger partial charge in [0.2, 0.25) is 16.9 Å². The van der Waals surface area contributed by atoms with Gasteiger partial charge in [0.05, 0.1) is 15.6 Å². The molecular formula is C13H13N5O4S2. The Kier molecular flexibility index (Phi) is 5.82. The molecule has 2 amide bonds. The molecule has 0 bridgehead atoms. The van der Waals surface area contributed by atoms with E-state index in [4.69, 9.17) is 5.73 Å². The maximum atomic E-state index is 11.9. The van der Waals surface area contributed by atoms with E-state index in [1.54, 1.807) is 0 Å². The summed E-state index contributed by atoms with van der Waals surface area (Å²) in [4.78, 5) is 33.7. The normalized spacial score (nSPS) is 10.4. The molecule has 3 N–H and O–H groups in total. The molecule has 9 nitrogen and oxygen atoms in total. The highest BCUT2D eigenvalue weighted by Crippen LogP contribution is 2.30. The molecule has 0 radical (unpaired) electrons. The number of benzene rings is 1. The average molecular weight is 367 g/mol. The van der Waals surface area contributed by atoms with Crippen molar-refractivity contribution in [3.63, 3.8) is 0 Å². The molecule has 0 spiro atoms. The van der Waals surface area contributed by atoms with Crippen molar-refractivity contribution < 1.29 is 14.5 Å². The first kappa shape index (κ1) is 17.8. The number of nitrogens with zero attached hydrogens (tertiary/aromatic N) is 3. The summed E-state index contributed by atoms with van der Waals surface area (Å²) in [7, 11) is 0. The Labute approximate surface area is 144 Å². The number of aromatic nitrogens is 2. The van der Waals surface area contributed by atoms with Crippen LogP contribution >= 0.6 is 23.1 Å². The second-order valence-corrected chi connectivity index (χ2v) is 6.57. The van der Waals surface area contributed by atoms with Crippen molar-refractivity contribution in [3.05, 3.63) is 38.9 Å². The van der Waals surface area contributed by atoms with Gasteiger partial charge in [-0.25, -0.2) is 0 Å². The molecule has 0 saturated heterocycles. The van der Waals surface area contributed by atoms with E-state index in [1.807, 2.05) is 6.92 Å². The van der Waals surface area contributed by atoms with Gasteiger partial charge in [0.1, 0.15) is 5.01 Å². The number of carbonyl (C=O) groups excluding carboxylic acids is 2. The maximum Gasteiger partial charge on any atom is 0.283 e. The largest absolute Gasteiger partial charge is 0.366 e. The minimum Gasteiger partial charge on any atom is -0.366 e. The topological polar surface area (TPSA) is 141 Å². The van der Waals surface area contributed by atoms with Gasteiger partial charge < -0.3 is 5.73 Å². The van der Waals surface area contributed by atoms with Gasteiger partial charge in [-0.3, -0.25) is 25.0 Å². The third-order valence-electron chi connectivity index (χ3n) is 2.81. The first-order valence-corrected chi connectivity index (χ1v) is 8.54. The first-order chi connectivity index (χ1) is 11.4. The number of rotatable bonds is 7. The number of carbonyl (C=O) groups is 2. The molecule has 0 aliphatic carbocycles. The average Bonchev–Trinajstić information content (AvgIpc) is 3.00. The fourth-order valence-electron chi connectivity index (χ4n) is 1.68. The predicted molar refractivity (Wildman–Crippen MR) is 90.3 cm³/mol. The minimum absolute atomic E-state index is 0.0384. The highest BCUT2D eigenvalue weighted by Gasteiger charge is 2.18. The van der Waals surface area contributed by atoms with Crippen LogP contribution in [0.2, 0.25) is 0 Å². The van der Waals surface area contributed by atoms with Crippen molar-refractivity contribution in [2.75, 3.05) is 11.1 Å². The maximum absolute atomic E-state index is 11.9. The van der Waals surface area contributed by atoms with Crippen LogP contribution < -0.4 is 11.1 Å². The van der Waals surface area contributed by atoms with Gasteiger partial charge in [0, 0.05) is 11.6 Å². The Bertz CT molecular complexity index is 792. The molecule has 0 saturated carbocycles. The molecule has 24 heavy (non-hydrogen) atoms. The third kappa shape index (κ3) is 4.49. The second kappa shape index (κ2) is 7.84. The molecule has 1 heterocycles. The number of nitrogens with one attached hydrogen (secondary N) is 1. The summed E-state index contributed by atoms with van der Waals surface area (Å²) in [5, 5.41) is 22.6. The van der Waals surface area contributed by atoms with Crippen LogP contribution in [0.15, 0.2) is 23.1 Å². The number of primary amides is 1. The highest BCUT2D eigenvalue weighted by atomic mass is 32.2. The zero-order valence-corrected chi connectivity index (χ0v) is 14.1. The number of thioether (sulfide) groups is 1. The fourth-order valence-corrected chi connectivity index (χ4v) is 3.18. The predicted octanol–water partition coefficient (Wildman–Crippen LogP) is 1.84. The summed E-state index contributed by atoms with van der Waals surface area (Å²) >= 11 is 2.26. The number of aryl methyl sites for hydroxylation is 1. The van der Waals surface area contributed by atoms with Crippen molar-refractivity contribution in [1.82, 2.24) is 10.2 Å². The van der Waals surface area contributed by atoms with E-state index in [2.05, 4.69) is 15.5 Å². The Morgan fingerprint density at radius 1 is 1.42 bits per heavy atom. The molecule has 0 unspecified atom stereocenters. The smallest absolute Gasteiger partial charge is 0.283 e. The Balaban J connectivity index is 2.03. The zero-order chi connectivity index (χ0) is 17.7. The van der Waals surface area contributed by atoms with Crippen LogP contribution in [0.3, 0.4) is 0 Å². The number of nitro benzene ring substituents is 1. The van der Waals surface area contributed by atoms with Crippen LogP contribution in [0.25, 0.3) is 0 Å². The monoisotopic (exact) mass is 367 g/mol. The number of amides is 2. The molecule has 126 valence electrons. The minimum atomic E-state index is -0.754. The molecule has 11 heteroatoms. The van der Waals surface area contributed by atoms with Crippen LogP contribution in [0, 0.1) is 10.1 Å². The van der Waals surface area contributed by atoms with E-state index in [0.717, 1.165) is 29.3 Å². The van der Waals surface area contributed by atoms with Gasteiger partial charge in [-0.1, -0.05) is 18.3 Å². The van der Waals surface area contributed by atoms with Crippen LogP contribution in [0.1, 0.15) is 22.3 Å². The highest BCUT2D eigenvalue weighted by molar-refractivity contribution is 8.00. The van der Waals surface area contributed by atoms with Crippen LogP contribution in [0.4, 0.5) is 10.8 Å². The second-order valence-electron chi connectivity index (χ2n) is 4.50. The SMILES string of the molecule is CCc1nnc(NC(=O)CSc2ccc(C(N)=O)cc2[N+](=O)[O-])s1. The van der Waals surface area contributed by atoms with Crippen LogP contribution in [-0.2, 0) is 11.2 Å². The molecule has 0 atom stereocenters. The van der Waals surface area contributed by atoms with Gasteiger partial charge in [-0.2, -0.15) is 0 Å². The lowest BCUT2D eigenvalue weighted by Crippen LogP contribution is -2.14. The number of anilines is 1. The van der Waals surface area contributed by atoms with Gasteiger partial charge in [0.15, 0.2) is 0 Å². The van der Waals surface area contributed by atoms with E-state index in [0.29, 0.717) is 5.13 Å². The molecular weight excluding hydrogens is 354 g/mol. The molecule has 0 aliphatic heterocycles. The summed E-state index contributed by atoms with van der Waals surface area (Å²) < 4.78 is 0. The quantitative estimate of drug-likeness (QED) is 0.432. The number of nitro groups is 1. The lowest BCUT2D eigenvalue weighted by Gasteiger charge is -2.04. The van der Waals surface area contributed by atoms with Gasteiger partial charge in [-0.05, 0) is 18.6 Å². The first-order valence-electron chi connectivity index (χ1n) is 6.74. The van der Waals surface area contributed by atoms with Crippen molar-refractivity contribution in [3.8, 4) is 0 Å². The van der Waals surface area contributed by atoms with Crippen LogP contribution in [0.5, 0.6) is 0 Å². The summed E-state index contributed by atoms with van der Waals surface area (Å²) in [6.07, 6.45) is 0.723. The molecule has 1 aromatic heterocycles.